The Labute approximate surface area is 113 Å². The average Bonchev–Trinajstić information content (AvgIpc) is 2.48. The molecule has 1 aromatic heterocycles. The summed E-state index contributed by atoms with van der Waals surface area (Å²) in [6.45, 7) is 1.14. The summed E-state index contributed by atoms with van der Waals surface area (Å²) in [4.78, 5) is 4.21. The number of nitrogens with one attached hydrogen (secondary N) is 1. The van der Waals surface area contributed by atoms with E-state index in [1.54, 1.807) is 13.3 Å². The molecule has 0 fully saturated rings. The Hall–Kier alpha value is -1.91. The Morgan fingerprint density at radius 2 is 2.00 bits per heavy atom. The van der Waals surface area contributed by atoms with E-state index in [1.807, 2.05) is 42.5 Å². The van der Waals surface area contributed by atoms with E-state index in [-0.39, 0.29) is 0 Å². The lowest BCUT2D eigenvalue weighted by molar-refractivity contribution is 0.174. The molecule has 0 bridgehead atoms. The zero-order valence-electron chi connectivity index (χ0n) is 10.9. The Morgan fingerprint density at radius 3 is 2.63 bits per heavy atom. The van der Waals surface area contributed by atoms with Crippen LogP contribution in [0.3, 0.4) is 0 Å². The van der Waals surface area contributed by atoms with Crippen LogP contribution in [0, 0.1) is 0 Å². The second-order valence-electron chi connectivity index (χ2n) is 4.24. The van der Waals surface area contributed by atoms with Gasteiger partial charge < -0.3 is 15.2 Å². The van der Waals surface area contributed by atoms with Gasteiger partial charge in [-0.15, -0.1) is 0 Å². The van der Waals surface area contributed by atoms with Gasteiger partial charge in [-0.3, -0.25) is 4.98 Å². The van der Waals surface area contributed by atoms with Crippen molar-refractivity contribution in [3.05, 3.63) is 59.9 Å². The average molecular weight is 258 g/mol. The summed E-state index contributed by atoms with van der Waals surface area (Å²) in [6.07, 6.45) is 1.23. The first-order valence-corrected chi connectivity index (χ1v) is 6.22. The first kappa shape index (κ1) is 13.5. The fourth-order valence-corrected chi connectivity index (χ4v) is 1.78. The molecule has 2 rings (SSSR count). The van der Waals surface area contributed by atoms with Crippen LogP contribution in [0.25, 0.3) is 0 Å². The molecule has 0 aliphatic heterocycles. The highest BCUT2D eigenvalue weighted by molar-refractivity contribution is 5.28. The monoisotopic (exact) mass is 258 g/mol. The van der Waals surface area contributed by atoms with Crippen LogP contribution in [-0.2, 0) is 6.54 Å². The van der Waals surface area contributed by atoms with Gasteiger partial charge in [0, 0.05) is 19.3 Å². The van der Waals surface area contributed by atoms with Crippen molar-refractivity contribution in [2.24, 2.45) is 0 Å². The van der Waals surface area contributed by atoms with Crippen LogP contribution in [0.2, 0.25) is 0 Å². The minimum atomic E-state index is -0.533. The molecule has 4 heteroatoms. The molecule has 1 aromatic carbocycles. The topological polar surface area (TPSA) is 54.4 Å². The first-order valence-electron chi connectivity index (χ1n) is 6.22. The summed E-state index contributed by atoms with van der Waals surface area (Å²) in [5.74, 6) is 0.789. The van der Waals surface area contributed by atoms with Gasteiger partial charge in [-0.1, -0.05) is 18.2 Å². The van der Waals surface area contributed by atoms with Crippen molar-refractivity contribution in [3.8, 4) is 5.75 Å². The molecular formula is C15H18N2O2. The number of rotatable bonds is 6. The molecule has 0 radical (unpaired) electrons. The molecule has 19 heavy (non-hydrogen) atoms. The summed E-state index contributed by atoms with van der Waals surface area (Å²) in [5.41, 5.74) is 1.83. The van der Waals surface area contributed by atoms with Crippen LogP contribution in [0.15, 0.2) is 48.7 Å². The second-order valence-corrected chi connectivity index (χ2v) is 4.24. The highest BCUT2D eigenvalue weighted by atomic mass is 16.5. The third kappa shape index (κ3) is 4.05. The zero-order valence-corrected chi connectivity index (χ0v) is 10.9. The predicted octanol–water partition coefficient (Wildman–Crippen LogP) is 1.91. The molecule has 1 heterocycles. The van der Waals surface area contributed by atoms with Crippen molar-refractivity contribution >= 4 is 0 Å². The number of aromatic nitrogens is 1. The van der Waals surface area contributed by atoms with Crippen LogP contribution < -0.4 is 10.1 Å². The number of ether oxygens (including phenoxy) is 1. The van der Waals surface area contributed by atoms with Gasteiger partial charge in [-0.25, -0.2) is 0 Å². The van der Waals surface area contributed by atoms with Gasteiger partial charge in [0.1, 0.15) is 5.75 Å². The Balaban J connectivity index is 1.82. The largest absolute Gasteiger partial charge is 0.497 e. The second kappa shape index (κ2) is 6.87. The molecule has 0 saturated carbocycles. The number of aliphatic hydroxyl groups excluding tert-OH is 1. The van der Waals surface area contributed by atoms with Crippen molar-refractivity contribution in [2.75, 3.05) is 13.7 Å². The lowest BCUT2D eigenvalue weighted by atomic mass is 10.1. The SMILES string of the molecule is COc1ccc(C(O)CNCc2ccccn2)cc1. The minimum absolute atomic E-state index is 0.489. The van der Waals surface area contributed by atoms with Crippen molar-refractivity contribution < 1.29 is 9.84 Å². The summed E-state index contributed by atoms with van der Waals surface area (Å²) in [5, 5.41) is 13.2. The maximum absolute atomic E-state index is 10.0. The number of hydrogen-bond donors (Lipinski definition) is 2. The predicted molar refractivity (Wildman–Crippen MR) is 73.9 cm³/mol. The van der Waals surface area contributed by atoms with E-state index in [0.717, 1.165) is 17.0 Å². The molecule has 2 N–H and O–H groups in total. The van der Waals surface area contributed by atoms with Crippen molar-refractivity contribution in [2.45, 2.75) is 12.6 Å². The molecule has 0 aliphatic rings. The van der Waals surface area contributed by atoms with E-state index in [2.05, 4.69) is 10.3 Å². The van der Waals surface area contributed by atoms with Gasteiger partial charge in [0.2, 0.25) is 0 Å². The van der Waals surface area contributed by atoms with Crippen LogP contribution >= 0.6 is 0 Å². The van der Waals surface area contributed by atoms with E-state index >= 15 is 0 Å². The highest BCUT2D eigenvalue weighted by Gasteiger charge is 2.07. The normalized spacial score (nSPS) is 12.1. The van der Waals surface area contributed by atoms with Crippen molar-refractivity contribution in [3.63, 3.8) is 0 Å². The molecule has 0 spiro atoms. The van der Waals surface area contributed by atoms with Crippen LogP contribution in [0.4, 0.5) is 0 Å². The number of nitrogens with zero attached hydrogens (tertiary/aromatic N) is 1. The minimum Gasteiger partial charge on any atom is -0.497 e. The molecule has 0 aliphatic carbocycles. The summed E-state index contributed by atoms with van der Waals surface area (Å²) < 4.78 is 5.08. The van der Waals surface area contributed by atoms with E-state index in [4.69, 9.17) is 4.74 Å². The highest BCUT2D eigenvalue weighted by Crippen LogP contribution is 2.16. The molecule has 0 saturated heterocycles. The van der Waals surface area contributed by atoms with Crippen LogP contribution in [0.1, 0.15) is 17.4 Å². The van der Waals surface area contributed by atoms with Gasteiger partial charge in [-0.05, 0) is 29.8 Å². The number of pyridine rings is 1. The van der Waals surface area contributed by atoms with Crippen molar-refractivity contribution in [1.82, 2.24) is 10.3 Å². The third-order valence-electron chi connectivity index (χ3n) is 2.87. The maximum atomic E-state index is 10.0. The van der Waals surface area contributed by atoms with Crippen LogP contribution in [0.5, 0.6) is 5.75 Å². The smallest absolute Gasteiger partial charge is 0.118 e. The number of hydrogen-bond acceptors (Lipinski definition) is 4. The Bertz CT molecular complexity index is 485. The lowest BCUT2D eigenvalue weighted by Crippen LogP contribution is -2.21. The standard InChI is InChI=1S/C15H18N2O2/c1-19-14-7-5-12(6-8-14)15(18)11-16-10-13-4-2-3-9-17-13/h2-9,15-16,18H,10-11H2,1H3. The fourth-order valence-electron chi connectivity index (χ4n) is 1.78. The molecule has 100 valence electrons. The molecule has 4 nitrogen and oxygen atoms in total. The molecular weight excluding hydrogens is 240 g/mol. The zero-order chi connectivity index (χ0) is 13.5. The maximum Gasteiger partial charge on any atom is 0.118 e. The van der Waals surface area contributed by atoms with Gasteiger partial charge in [0.15, 0.2) is 0 Å². The van der Waals surface area contributed by atoms with Crippen LogP contribution in [-0.4, -0.2) is 23.7 Å². The number of benzene rings is 1. The molecule has 0 amide bonds. The van der Waals surface area contributed by atoms with E-state index in [1.165, 1.54) is 0 Å². The van der Waals surface area contributed by atoms with E-state index in [0.29, 0.717) is 13.1 Å². The summed E-state index contributed by atoms with van der Waals surface area (Å²) >= 11 is 0. The number of aliphatic hydroxyl groups is 1. The quantitative estimate of drug-likeness (QED) is 0.831. The van der Waals surface area contributed by atoms with Gasteiger partial charge in [-0.2, -0.15) is 0 Å². The van der Waals surface area contributed by atoms with Gasteiger partial charge >= 0.3 is 0 Å². The summed E-state index contributed by atoms with van der Waals surface area (Å²) in [6, 6.07) is 13.2. The molecule has 2 aromatic rings. The van der Waals surface area contributed by atoms with Gasteiger partial charge in [0.25, 0.3) is 0 Å². The number of methoxy groups -OCH3 is 1. The fraction of sp³-hybridized carbons (Fsp3) is 0.267. The van der Waals surface area contributed by atoms with Crippen molar-refractivity contribution in [1.29, 1.82) is 0 Å². The Morgan fingerprint density at radius 1 is 1.21 bits per heavy atom. The van der Waals surface area contributed by atoms with E-state index in [9.17, 15) is 5.11 Å². The first-order chi connectivity index (χ1) is 9.29. The van der Waals surface area contributed by atoms with Gasteiger partial charge in [0.05, 0.1) is 18.9 Å². The molecule has 1 unspecified atom stereocenters. The summed E-state index contributed by atoms with van der Waals surface area (Å²) in [7, 11) is 1.62. The third-order valence-corrected chi connectivity index (χ3v) is 2.87. The lowest BCUT2D eigenvalue weighted by Gasteiger charge is -2.12. The molecule has 1 atom stereocenters. The Kier molecular flexibility index (Phi) is 4.89. The van der Waals surface area contributed by atoms with E-state index < -0.39 is 6.10 Å².